The third-order valence-electron chi connectivity index (χ3n) is 6.06. The van der Waals surface area contributed by atoms with Gasteiger partial charge in [0.1, 0.15) is 11.6 Å². The highest BCUT2D eigenvalue weighted by Crippen LogP contribution is 2.34. The molecule has 0 atom stereocenters. The first-order valence-corrected chi connectivity index (χ1v) is 14.4. The summed E-state index contributed by atoms with van der Waals surface area (Å²) in [6.45, 7) is 3.17. The molecule has 1 amide bonds. The summed E-state index contributed by atoms with van der Waals surface area (Å²) >= 11 is 12.5. The van der Waals surface area contributed by atoms with E-state index in [1.807, 2.05) is 5.01 Å². The average molecular weight is 642 g/mol. The predicted octanol–water partition coefficient (Wildman–Crippen LogP) is 6.37. The molecule has 15 heteroatoms. The number of hydrogen-bond acceptors (Lipinski definition) is 6. The molecule has 4 rings (SSSR count). The molecule has 2 heterocycles. The van der Waals surface area contributed by atoms with E-state index in [1.54, 1.807) is 29.7 Å². The van der Waals surface area contributed by atoms with E-state index in [0.29, 0.717) is 32.8 Å². The minimum atomic E-state index is -4.63. The first-order chi connectivity index (χ1) is 18.3. The lowest BCUT2D eigenvalue weighted by atomic mass is 10.2. The van der Waals surface area contributed by atoms with E-state index in [9.17, 15) is 26.4 Å². The van der Waals surface area contributed by atoms with Crippen LogP contribution in [0.1, 0.15) is 41.9 Å². The quantitative estimate of drug-likeness (QED) is 0.288. The average Bonchev–Trinajstić information content (AvgIpc) is 3.20. The van der Waals surface area contributed by atoms with Crippen molar-refractivity contribution in [1.29, 1.82) is 0 Å². The Morgan fingerprint density at radius 2 is 1.73 bits per heavy atom. The maximum absolute atomic E-state index is 13.2. The number of aromatic nitrogens is 2. The van der Waals surface area contributed by atoms with Gasteiger partial charge in [0.25, 0.3) is 5.91 Å². The zero-order chi connectivity index (χ0) is 28.4. The summed E-state index contributed by atoms with van der Waals surface area (Å²) in [7, 11) is -4.46. The number of nitrogens with zero attached hydrogens (tertiary/aromatic N) is 3. The van der Waals surface area contributed by atoms with E-state index in [2.05, 4.69) is 10.4 Å². The summed E-state index contributed by atoms with van der Waals surface area (Å²) in [6, 6.07) is 10.5. The fourth-order valence-electron chi connectivity index (χ4n) is 4.17. The number of alkyl halides is 3. The normalized spacial score (nSPS) is 14.4. The molecular formula is C25H26Cl3F3N4O4S. The lowest BCUT2D eigenvalue weighted by Crippen LogP contribution is -2.45. The lowest BCUT2D eigenvalue weighted by Gasteiger charge is -2.26. The van der Waals surface area contributed by atoms with E-state index in [-0.39, 0.29) is 23.9 Å². The number of rotatable bonds is 8. The second-order valence-electron chi connectivity index (χ2n) is 9.02. The SMILES string of the molecule is Cc1c(C(=O)NN2CCCCC2)nc(-c2ccc(Cl)cc2Cl)n1-c1ccc(OS(=O)(=O)CCC(F)(F)F)cc1.Cl. The molecule has 1 aliphatic rings. The summed E-state index contributed by atoms with van der Waals surface area (Å²) in [5, 5.41) is 2.56. The molecule has 3 aromatic rings. The van der Waals surface area contributed by atoms with Crippen molar-refractivity contribution in [3.8, 4) is 22.8 Å². The van der Waals surface area contributed by atoms with Crippen molar-refractivity contribution in [3.05, 3.63) is 63.9 Å². The number of hydrogen-bond donors (Lipinski definition) is 1. The van der Waals surface area contributed by atoms with E-state index in [1.165, 1.54) is 24.3 Å². The molecule has 1 aliphatic heterocycles. The van der Waals surface area contributed by atoms with Crippen LogP contribution in [0, 0.1) is 6.92 Å². The van der Waals surface area contributed by atoms with Gasteiger partial charge in [-0.2, -0.15) is 21.6 Å². The molecular weight excluding hydrogens is 616 g/mol. The van der Waals surface area contributed by atoms with Gasteiger partial charge in [0, 0.05) is 29.4 Å². The fourth-order valence-corrected chi connectivity index (χ4v) is 5.63. The Balaban J connectivity index is 0.00000441. The van der Waals surface area contributed by atoms with Crippen LogP contribution >= 0.6 is 35.6 Å². The number of imidazole rings is 1. The van der Waals surface area contributed by atoms with Gasteiger partial charge in [0.2, 0.25) is 0 Å². The molecule has 40 heavy (non-hydrogen) atoms. The molecule has 218 valence electrons. The Bertz CT molecular complexity index is 1460. The molecule has 0 bridgehead atoms. The number of piperidine rings is 1. The minimum absolute atomic E-state index is 0. The number of halogens is 6. The Hall–Kier alpha value is -2.51. The molecule has 1 fully saturated rings. The van der Waals surface area contributed by atoms with Crippen molar-refractivity contribution in [2.75, 3.05) is 18.8 Å². The van der Waals surface area contributed by atoms with Crippen molar-refractivity contribution in [2.45, 2.75) is 38.8 Å². The van der Waals surface area contributed by atoms with Gasteiger partial charge in [-0.25, -0.2) is 9.99 Å². The van der Waals surface area contributed by atoms with Crippen molar-refractivity contribution in [2.24, 2.45) is 0 Å². The van der Waals surface area contributed by atoms with Crippen LogP contribution in [0.5, 0.6) is 5.75 Å². The third-order valence-corrected chi connectivity index (χ3v) is 7.76. The Morgan fingerprint density at radius 3 is 2.33 bits per heavy atom. The summed E-state index contributed by atoms with van der Waals surface area (Å²) in [5.74, 6) is -1.42. The Labute approximate surface area is 245 Å². The van der Waals surface area contributed by atoms with Gasteiger partial charge in [0.15, 0.2) is 5.69 Å². The number of nitrogens with one attached hydrogen (secondary N) is 1. The highest BCUT2D eigenvalue weighted by Gasteiger charge is 2.31. The smallest absolute Gasteiger partial charge is 0.382 e. The fraction of sp³-hybridized carbons (Fsp3) is 0.360. The summed E-state index contributed by atoms with van der Waals surface area (Å²) in [6.07, 6.45) is -3.10. The van der Waals surface area contributed by atoms with Crippen LogP contribution in [0.4, 0.5) is 13.2 Å². The van der Waals surface area contributed by atoms with Crippen molar-refractivity contribution >= 4 is 51.6 Å². The number of carbonyl (C=O) groups is 1. The summed E-state index contributed by atoms with van der Waals surface area (Å²) in [5.41, 5.74) is 4.53. The topological polar surface area (TPSA) is 93.5 Å². The zero-order valence-corrected chi connectivity index (χ0v) is 24.3. The van der Waals surface area contributed by atoms with Crippen LogP contribution in [-0.4, -0.2) is 53.9 Å². The van der Waals surface area contributed by atoms with Gasteiger partial charge in [-0.3, -0.25) is 14.8 Å². The van der Waals surface area contributed by atoms with E-state index in [4.69, 9.17) is 27.4 Å². The van der Waals surface area contributed by atoms with Crippen LogP contribution < -0.4 is 9.61 Å². The monoisotopic (exact) mass is 640 g/mol. The maximum Gasteiger partial charge on any atom is 0.390 e. The number of carbonyl (C=O) groups excluding carboxylic acids is 1. The van der Waals surface area contributed by atoms with Crippen molar-refractivity contribution < 1.29 is 30.6 Å². The van der Waals surface area contributed by atoms with Gasteiger partial charge in [-0.05, 0) is 62.2 Å². The van der Waals surface area contributed by atoms with Crippen LogP contribution in [0.25, 0.3) is 17.1 Å². The Kier molecular flexibility index (Phi) is 10.4. The van der Waals surface area contributed by atoms with Gasteiger partial charge >= 0.3 is 16.3 Å². The molecule has 1 N–H and O–H groups in total. The van der Waals surface area contributed by atoms with Gasteiger partial charge in [-0.15, -0.1) is 12.4 Å². The third kappa shape index (κ3) is 8.03. The maximum atomic E-state index is 13.2. The van der Waals surface area contributed by atoms with Gasteiger partial charge in [-0.1, -0.05) is 29.6 Å². The molecule has 0 unspecified atom stereocenters. The molecule has 0 aliphatic carbocycles. The van der Waals surface area contributed by atoms with Crippen LogP contribution in [0.3, 0.4) is 0 Å². The zero-order valence-electron chi connectivity index (χ0n) is 21.2. The molecule has 1 saturated heterocycles. The van der Waals surface area contributed by atoms with E-state index in [0.717, 1.165) is 32.4 Å². The van der Waals surface area contributed by atoms with Crippen LogP contribution in [-0.2, 0) is 10.1 Å². The van der Waals surface area contributed by atoms with Gasteiger partial charge < -0.3 is 4.18 Å². The van der Waals surface area contributed by atoms with Crippen molar-refractivity contribution in [1.82, 2.24) is 20.0 Å². The van der Waals surface area contributed by atoms with E-state index >= 15 is 0 Å². The predicted molar refractivity (Wildman–Crippen MR) is 149 cm³/mol. The van der Waals surface area contributed by atoms with Crippen molar-refractivity contribution in [3.63, 3.8) is 0 Å². The second kappa shape index (κ2) is 13.0. The van der Waals surface area contributed by atoms with E-state index < -0.39 is 34.4 Å². The van der Waals surface area contributed by atoms with Gasteiger partial charge in [0.05, 0.1) is 22.9 Å². The second-order valence-corrected chi connectivity index (χ2v) is 11.6. The number of amides is 1. The number of hydrazine groups is 1. The molecule has 0 radical (unpaired) electrons. The first kappa shape index (κ1) is 32.0. The largest absolute Gasteiger partial charge is 0.390 e. The lowest BCUT2D eigenvalue weighted by molar-refractivity contribution is -0.130. The minimum Gasteiger partial charge on any atom is -0.382 e. The molecule has 8 nitrogen and oxygen atoms in total. The van der Waals surface area contributed by atoms with Crippen LogP contribution in [0.15, 0.2) is 42.5 Å². The standard InChI is InChI=1S/C25H25Cl2F3N4O4S.ClH/c1-16-22(24(35)32-33-12-3-2-4-13-33)31-23(20-10-5-17(26)15-21(20)27)34(16)18-6-8-19(9-7-18)38-39(36,37)14-11-25(28,29)30;/h5-10,15H,2-4,11-14H2,1H3,(H,32,35);1H. The highest BCUT2D eigenvalue weighted by atomic mass is 35.5. The first-order valence-electron chi connectivity index (χ1n) is 12.0. The molecule has 1 aromatic heterocycles. The highest BCUT2D eigenvalue weighted by molar-refractivity contribution is 7.87. The Morgan fingerprint density at radius 1 is 1.07 bits per heavy atom. The number of benzene rings is 2. The summed E-state index contributed by atoms with van der Waals surface area (Å²) in [4.78, 5) is 17.8. The molecule has 2 aromatic carbocycles. The van der Waals surface area contributed by atoms with Crippen LogP contribution in [0.2, 0.25) is 10.0 Å². The molecule has 0 saturated carbocycles. The summed E-state index contributed by atoms with van der Waals surface area (Å²) < 4.78 is 67.8. The molecule has 0 spiro atoms.